The minimum absolute atomic E-state index is 0.132. The lowest BCUT2D eigenvalue weighted by molar-refractivity contribution is 0.393. The second kappa shape index (κ2) is 4.93. The molecule has 3 aromatic rings. The fourth-order valence-electron chi connectivity index (χ4n) is 1.86. The van der Waals surface area contributed by atoms with E-state index in [-0.39, 0.29) is 5.56 Å². The number of hydrogen-bond acceptors (Lipinski definition) is 6. The molecule has 0 aliphatic carbocycles. The van der Waals surface area contributed by atoms with Crippen LogP contribution in [0, 0.1) is 0 Å². The molecule has 102 valence electrons. The summed E-state index contributed by atoms with van der Waals surface area (Å²) in [5, 5.41) is 7.57. The zero-order valence-corrected chi connectivity index (χ0v) is 11.7. The van der Waals surface area contributed by atoms with E-state index in [1.54, 1.807) is 26.4 Å². The quantitative estimate of drug-likeness (QED) is 0.710. The summed E-state index contributed by atoms with van der Waals surface area (Å²) in [5.41, 5.74) is 0.677. The summed E-state index contributed by atoms with van der Waals surface area (Å²) in [4.78, 5) is 12.7. The second-order valence-electron chi connectivity index (χ2n) is 4.01. The average molecular weight is 289 g/mol. The number of ether oxygens (including phenoxy) is 2. The van der Waals surface area contributed by atoms with Crippen LogP contribution in [-0.4, -0.2) is 28.8 Å². The smallest absolute Gasteiger partial charge is 0.275 e. The van der Waals surface area contributed by atoms with Crippen molar-refractivity contribution in [1.29, 1.82) is 0 Å². The minimum Gasteiger partial charge on any atom is -0.497 e. The van der Waals surface area contributed by atoms with Gasteiger partial charge in [0.2, 0.25) is 4.96 Å². The molecule has 0 aliphatic rings. The van der Waals surface area contributed by atoms with Crippen LogP contribution < -0.4 is 19.6 Å². The number of rotatable bonds is 3. The van der Waals surface area contributed by atoms with Crippen LogP contribution >= 0.6 is 11.3 Å². The van der Waals surface area contributed by atoms with Gasteiger partial charge in [-0.1, -0.05) is 11.3 Å². The zero-order chi connectivity index (χ0) is 14.1. The van der Waals surface area contributed by atoms with Gasteiger partial charge in [-0.15, -0.1) is 10.2 Å². The zero-order valence-electron chi connectivity index (χ0n) is 10.9. The van der Waals surface area contributed by atoms with Gasteiger partial charge in [0.05, 0.1) is 18.8 Å². The van der Waals surface area contributed by atoms with Gasteiger partial charge in [-0.2, -0.15) is 0 Å². The second-order valence-corrected chi connectivity index (χ2v) is 5.02. The molecule has 0 amide bonds. The molecule has 0 bridgehead atoms. The van der Waals surface area contributed by atoms with Crippen LogP contribution in [0.25, 0.3) is 11.0 Å². The molecule has 6 nitrogen and oxygen atoms in total. The van der Waals surface area contributed by atoms with Crippen molar-refractivity contribution in [3.63, 3.8) is 0 Å². The Kier molecular flexibility index (Phi) is 3.11. The highest BCUT2D eigenvalue weighted by molar-refractivity contribution is 7.15. The van der Waals surface area contributed by atoms with Gasteiger partial charge >= 0.3 is 0 Å². The van der Waals surface area contributed by atoms with Crippen LogP contribution in [0.1, 0.15) is 5.56 Å². The van der Waals surface area contributed by atoms with Gasteiger partial charge in [-0.3, -0.25) is 4.79 Å². The summed E-state index contributed by atoms with van der Waals surface area (Å²) in [6, 6.07) is 5.44. The third kappa shape index (κ3) is 2.01. The lowest BCUT2D eigenvalue weighted by Gasteiger charge is -2.06. The summed E-state index contributed by atoms with van der Waals surface area (Å²) >= 11 is 1.29. The predicted octanol–water partition coefficient (Wildman–Crippen LogP) is 0.716. The largest absolute Gasteiger partial charge is 0.497 e. The standard InChI is InChI=1S/C13H11N3O3S/c1-18-9-4-3-8(10(6-9)19-2)5-11-12(17)16-7-14-15-13(16)20-11/h3-7H,1-2H3/b11-5-. The molecule has 0 atom stereocenters. The number of aromatic nitrogens is 3. The number of nitrogens with zero attached hydrogens (tertiary/aromatic N) is 3. The fourth-order valence-corrected chi connectivity index (χ4v) is 2.75. The first-order valence-electron chi connectivity index (χ1n) is 5.79. The number of thiazole rings is 1. The molecule has 0 fully saturated rings. The first-order valence-corrected chi connectivity index (χ1v) is 6.61. The number of fused-ring (bicyclic) bond motifs is 1. The minimum atomic E-state index is -0.132. The molecule has 0 saturated carbocycles. The molecule has 0 radical (unpaired) electrons. The molecule has 7 heteroatoms. The highest BCUT2D eigenvalue weighted by Gasteiger charge is 2.07. The number of hydrogen-bond donors (Lipinski definition) is 0. The molecule has 0 saturated heterocycles. The van der Waals surface area contributed by atoms with E-state index in [0.29, 0.717) is 21.0 Å². The summed E-state index contributed by atoms with van der Waals surface area (Å²) < 4.78 is 12.5. The predicted molar refractivity (Wildman–Crippen MR) is 75.5 cm³/mol. The van der Waals surface area contributed by atoms with Crippen molar-refractivity contribution in [1.82, 2.24) is 14.6 Å². The third-order valence-electron chi connectivity index (χ3n) is 2.87. The van der Waals surface area contributed by atoms with Crippen LogP contribution in [0.2, 0.25) is 0 Å². The molecule has 0 N–H and O–H groups in total. The van der Waals surface area contributed by atoms with E-state index in [9.17, 15) is 4.79 Å². The molecular weight excluding hydrogens is 278 g/mol. The monoisotopic (exact) mass is 289 g/mol. The molecule has 1 aromatic carbocycles. The molecule has 0 aliphatic heterocycles. The Morgan fingerprint density at radius 2 is 2.15 bits per heavy atom. The Morgan fingerprint density at radius 1 is 1.30 bits per heavy atom. The van der Waals surface area contributed by atoms with Gasteiger partial charge in [-0.25, -0.2) is 4.40 Å². The summed E-state index contributed by atoms with van der Waals surface area (Å²) in [5.74, 6) is 1.35. The van der Waals surface area contributed by atoms with Crippen molar-refractivity contribution < 1.29 is 9.47 Å². The van der Waals surface area contributed by atoms with E-state index in [2.05, 4.69) is 10.2 Å². The lowest BCUT2D eigenvalue weighted by atomic mass is 10.2. The first kappa shape index (κ1) is 12.6. The third-order valence-corrected chi connectivity index (χ3v) is 3.85. The first-order chi connectivity index (χ1) is 9.72. The van der Waals surface area contributed by atoms with E-state index >= 15 is 0 Å². The van der Waals surface area contributed by atoms with Gasteiger partial charge in [0.15, 0.2) is 0 Å². The molecule has 0 spiro atoms. The Morgan fingerprint density at radius 3 is 2.85 bits per heavy atom. The lowest BCUT2D eigenvalue weighted by Crippen LogP contribution is -2.22. The number of benzene rings is 1. The van der Waals surface area contributed by atoms with Gasteiger partial charge in [-0.05, 0) is 18.2 Å². The Bertz CT molecular complexity index is 869. The van der Waals surface area contributed by atoms with Crippen molar-refractivity contribution >= 4 is 22.4 Å². The molecule has 2 aromatic heterocycles. The van der Waals surface area contributed by atoms with E-state index in [1.165, 1.54) is 22.1 Å². The Hall–Kier alpha value is -2.41. The Labute approximate surface area is 117 Å². The number of methoxy groups -OCH3 is 2. The molecule has 20 heavy (non-hydrogen) atoms. The summed E-state index contributed by atoms with van der Waals surface area (Å²) in [7, 11) is 3.17. The van der Waals surface area contributed by atoms with Crippen molar-refractivity contribution in [2.24, 2.45) is 0 Å². The van der Waals surface area contributed by atoms with E-state index in [4.69, 9.17) is 9.47 Å². The summed E-state index contributed by atoms with van der Waals surface area (Å²) in [6.45, 7) is 0. The van der Waals surface area contributed by atoms with Crippen LogP contribution in [0.15, 0.2) is 29.3 Å². The van der Waals surface area contributed by atoms with Crippen LogP contribution in [0.4, 0.5) is 0 Å². The van der Waals surface area contributed by atoms with Crippen LogP contribution in [0.5, 0.6) is 11.5 Å². The fraction of sp³-hybridized carbons (Fsp3) is 0.154. The van der Waals surface area contributed by atoms with Gasteiger partial charge in [0, 0.05) is 11.6 Å². The maximum absolute atomic E-state index is 12.1. The normalized spacial score (nSPS) is 12.0. The highest BCUT2D eigenvalue weighted by atomic mass is 32.1. The molecule has 3 rings (SSSR count). The maximum atomic E-state index is 12.1. The van der Waals surface area contributed by atoms with E-state index < -0.39 is 0 Å². The van der Waals surface area contributed by atoms with Crippen LogP contribution in [0.3, 0.4) is 0 Å². The van der Waals surface area contributed by atoms with Crippen LogP contribution in [-0.2, 0) is 0 Å². The van der Waals surface area contributed by atoms with E-state index in [1.807, 2.05) is 12.1 Å². The highest BCUT2D eigenvalue weighted by Crippen LogP contribution is 2.24. The molecular formula is C13H11N3O3S. The molecule has 2 heterocycles. The van der Waals surface area contributed by atoms with E-state index in [0.717, 1.165) is 5.56 Å². The van der Waals surface area contributed by atoms with Crippen molar-refractivity contribution in [2.75, 3.05) is 14.2 Å². The van der Waals surface area contributed by atoms with Gasteiger partial charge < -0.3 is 9.47 Å². The van der Waals surface area contributed by atoms with Gasteiger partial charge in [0.25, 0.3) is 5.56 Å². The van der Waals surface area contributed by atoms with Gasteiger partial charge in [0.1, 0.15) is 17.8 Å². The molecule has 0 unspecified atom stereocenters. The average Bonchev–Trinajstić information content (AvgIpc) is 3.04. The SMILES string of the molecule is COc1ccc(/C=c2\sc3nncn3c2=O)c(OC)c1. The summed E-state index contributed by atoms with van der Waals surface area (Å²) in [6.07, 6.45) is 3.19. The maximum Gasteiger partial charge on any atom is 0.275 e. The van der Waals surface area contributed by atoms with Crippen molar-refractivity contribution in [3.8, 4) is 11.5 Å². The Balaban J connectivity index is 2.18. The van der Waals surface area contributed by atoms with Crippen molar-refractivity contribution in [3.05, 3.63) is 45.0 Å². The van der Waals surface area contributed by atoms with Crippen molar-refractivity contribution in [2.45, 2.75) is 0 Å². The topological polar surface area (TPSA) is 65.7 Å².